The van der Waals surface area contributed by atoms with Crippen molar-refractivity contribution < 1.29 is 9.53 Å². The van der Waals surface area contributed by atoms with E-state index in [1.54, 1.807) is 7.11 Å². The number of hydrogen-bond donors (Lipinski definition) is 2. The van der Waals surface area contributed by atoms with Gasteiger partial charge in [-0.2, -0.15) is 0 Å². The molecule has 1 aromatic carbocycles. The third kappa shape index (κ3) is 4.19. The number of primary amides is 1. The van der Waals surface area contributed by atoms with Gasteiger partial charge in [-0.25, -0.2) is 9.97 Å². The zero-order valence-electron chi connectivity index (χ0n) is 17.3. The fourth-order valence-electron chi connectivity index (χ4n) is 4.14. The zero-order valence-corrected chi connectivity index (χ0v) is 17.3. The maximum atomic E-state index is 11.6. The van der Waals surface area contributed by atoms with E-state index in [4.69, 9.17) is 10.5 Å². The van der Waals surface area contributed by atoms with E-state index in [0.717, 1.165) is 42.3 Å². The van der Waals surface area contributed by atoms with Gasteiger partial charge in [-0.15, -0.1) is 0 Å². The van der Waals surface area contributed by atoms with Gasteiger partial charge in [-0.05, 0) is 56.7 Å². The molecule has 1 saturated carbocycles. The van der Waals surface area contributed by atoms with E-state index in [0.29, 0.717) is 18.0 Å². The highest BCUT2D eigenvalue weighted by atomic mass is 16.5. The summed E-state index contributed by atoms with van der Waals surface area (Å²) >= 11 is 0. The molecule has 1 unspecified atom stereocenters. The van der Waals surface area contributed by atoms with Gasteiger partial charge in [0.25, 0.3) is 5.91 Å². The average Bonchev–Trinajstić information content (AvgIpc) is 3.46. The van der Waals surface area contributed by atoms with Crippen LogP contribution in [-0.4, -0.2) is 42.1 Å². The number of benzene rings is 1. The van der Waals surface area contributed by atoms with Crippen LogP contribution in [-0.2, 0) is 0 Å². The number of anilines is 1. The number of carbonyl (C=O) groups excluding carboxylic acids is 1. The van der Waals surface area contributed by atoms with Gasteiger partial charge in [0.05, 0.1) is 7.11 Å². The van der Waals surface area contributed by atoms with Crippen LogP contribution < -0.4 is 20.7 Å². The molecule has 154 valence electrons. The summed E-state index contributed by atoms with van der Waals surface area (Å²) in [4.78, 5) is 22.5. The van der Waals surface area contributed by atoms with Gasteiger partial charge >= 0.3 is 0 Å². The van der Waals surface area contributed by atoms with Crippen LogP contribution in [0.3, 0.4) is 0 Å². The molecule has 2 fully saturated rings. The van der Waals surface area contributed by atoms with Gasteiger partial charge in [0.1, 0.15) is 11.6 Å². The minimum Gasteiger partial charge on any atom is -0.497 e. The van der Waals surface area contributed by atoms with Gasteiger partial charge in [0, 0.05) is 36.4 Å². The number of nitrogens with zero attached hydrogens (tertiary/aromatic N) is 3. The maximum absolute atomic E-state index is 11.6. The maximum Gasteiger partial charge on any atom is 0.286 e. The normalized spacial score (nSPS) is 20.0. The minimum absolute atomic E-state index is 0.0896. The van der Waals surface area contributed by atoms with Gasteiger partial charge in [-0.3, -0.25) is 4.79 Å². The summed E-state index contributed by atoms with van der Waals surface area (Å²) in [5.74, 6) is 1.90. The van der Waals surface area contributed by atoms with Gasteiger partial charge in [-0.1, -0.05) is 12.1 Å². The number of carbonyl (C=O) groups is 1. The smallest absolute Gasteiger partial charge is 0.286 e. The van der Waals surface area contributed by atoms with Crippen LogP contribution in [0.4, 0.5) is 5.82 Å². The predicted molar refractivity (Wildman–Crippen MR) is 112 cm³/mol. The summed E-state index contributed by atoms with van der Waals surface area (Å²) < 4.78 is 5.42. The molecule has 2 heterocycles. The monoisotopic (exact) mass is 395 g/mol. The van der Waals surface area contributed by atoms with E-state index in [9.17, 15) is 4.79 Å². The van der Waals surface area contributed by atoms with Crippen LogP contribution in [0, 0.1) is 19.8 Å². The first-order chi connectivity index (χ1) is 14.0. The first-order valence-corrected chi connectivity index (χ1v) is 10.3. The summed E-state index contributed by atoms with van der Waals surface area (Å²) in [6, 6.07) is 9.07. The van der Waals surface area contributed by atoms with Crippen molar-refractivity contribution in [2.24, 2.45) is 11.7 Å². The number of amides is 1. The number of aromatic nitrogens is 2. The standard InChI is InChI=1S/C22H29N5O2/c1-13-14(2)24-21(20(23)28)26-22(13)27-10-9-17(12-27)25-19(15-7-8-15)16-5-4-6-18(11-16)29-3/h4-6,11,15,17,19,25H,7-10,12H2,1-3H3,(H2,23,28)/t17-,19?/m1/s1. The lowest BCUT2D eigenvalue weighted by Gasteiger charge is -2.25. The number of nitrogens with two attached hydrogens (primary N) is 1. The lowest BCUT2D eigenvalue weighted by molar-refractivity contribution is 0.0990. The van der Waals surface area contributed by atoms with E-state index in [1.165, 1.54) is 18.4 Å². The van der Waals surface area contributed by atoms with Gasteiger partial charge in [0.15, 0.2) is 0 Å². The molecule has 0 radical (unpaired) electrons. The molecule has 2 aromatic rings. The second kappa shape index (κ2) is 7.99. The number of aryl methyl sites for hydroxylation is 1. The van der Waals surface area contributed by atoms with E-state index in [-0.39, 0.29) is 5.82 Å². The average molecular weight is 396 g/mol. The highest BCUT2D eigenvalue weighted by Gasteiger charge is 2.36. The number of ether oxygens (including phenoxy) is 1. The van der Waals surface area contributed by atoms with Crippen molar-refractivity contribution in [3.05, 3.63) is 46.9 Å². The van der Waals surface area contributed by atoms with Crippen LogP contribution in [0.1, 0.15) is 52.7 Å². The molecule has 0 bridgehead atoms. The Morgan fingerprint density at radius 2 is 2.07 bits per heavy atom. The van der Waals surface area contributed by atoms with Crippen LogP contribution in [0.15, 0.2) is 24.3 Å². The number of methoxy groups -OCH3 is 1. The Labute approximate surface area is 171 Å². The van der Waals surface area contributed by atoms with Gasteiger partial charge < -0.3 is 20.7 Å². The summed E-state index contributed by atoms with van der Waals surface area (Å²) in [5, 5.41) is 3.88. The van der Waals surface area contributed by atoms with Crippen molar-refractivity contribution >= 4 is 11.7 Å². The highest BCUT2D eigenvalue weighted by Crippen LogP contribution is 2.42. The third-order valence-corrected chi connectivity index (χ3v) is 6.03. The van der Waals surface area contributed by atoms with Crippen molar-refractivity contribution in [3.63, 3.8) is 0 Å². The van der Waals surface area contributed by atoms with Crippen LogP contribution in [0.25, 0.3) is 0 Å². The SMILES string of the molecule is COc1cccc(C(N[C@@H]2CCN(c3nc(C(N)=O)nc(C)c3C)C2)C2CC2)c1. The molecule has 7 nitrogen and oxygen atoms in total. The van der Waals surface area contributed by atoms with Crippen molar-refractivity contribution in [2.75, 3.05) is 25.1 Å². The highest BCUT2D eigenvalue weighted by molar-refractivity contribution is 5.89. The summed E-state index contributed by atoms with van der Waals surface area (Å²) in [6.07, 6.45) is 3.55. The molecule has 1 aliphatic carbocycles. The molecule has 3 N–H and O–H groups in total. The molecule has 1 amide bonds. The number of nitrogens with one attached hydrogen (secondary N) is 1. The fraction of sp³-hybridized carbons (Fsp3) is 0.500. The molecule has 2 aliphatic rings. The molecule has 1 aromatic heterocycles. The predicted octanol–water partition coefficient (Wildman–Crippen LogP) is 2.52. The Balaban J connectivity index is 1.50. The topological polar surface area (TPSA) is 93.4 Å². The van der Waals surface area contributed by atoms with Crippen LogP contribution in [0.2, 0.25) is 0 Å². The molecule has 29 heavy (non-hydrogen) atoms. The van der Waals surface area contributed by atoms with Gasteiger partial charge in [0.2, 0.25) is 5.82 Å². The lowest BCUT2D eigenvalue weighted by Crippen LogP contribution is -2.37. The molecule has 4 rings (SSSR count). The largest absolute Gasteiger partial charge is 0.497 e. The molecule has 1 aliphatic heterocycles. The Hall–Kier alpha value is -2.67. The molecule has 0 spiro atoms. The molecular formula is C22H29N5O2. The first-order valence-electron chi connectivity index (χ1n) is 10.3. The van der Waals surface area contributed by atoms with E-state index in [1.807, 2.05) is 19.9 Å². The van der Waals surface area contributed by atoms with Crippen molar-refractivity contribution in [1.82, 2.24) is 15.3 Å². The van der Waals surface area contributed by atoms with Crippen molar-refractivity contribution in [1.29, 1.82) is 0 Å². The second-order valence-electron chi connectivity index (χ2n) is 8.14. The van der Waals surface area contributed by atoms with Crippen molar-refractivity contribution in [2.45, 2.75) is 45.2 Å². The molecule has 7 heteroatoms. The van der Waals surface area contributed by atoms with E-state index < -0.39 is 5.91 Å². The third-order valence-electron chi connectivity index (χ3n) is 6.03. The Bertz CT molecular complexity index is 912. The first kappa shape index (κ1) is 19.6. The molecule has 2 atom stereocenters. The Morgan fingerprint density at radius 3 is 2.76 bits per heavy atom. The van der Waals surface area contributed by atoms with Crippen molar-refractivity contribution in [3.8, 4) is 5.75 Å². The Kier molecular flexibility index (Phi) is 5.41. The summed E-state index contributed by atoms with van der Waals surface area (Å²) in [6.45, 7) is 5.63. The lowest BCUT2D eigenvalue weighted by atomic mass is 10.0. The van der Waals surface area contributed by atoms with Crippen LogP contribution >= 0.6 is 0 Å². The fourth-order valence-corrected chi connectivity index (χ4v) is 4.14. The van der Waals surface area contributed by atoms with Crippen LogP contribution in [0.5, 0.6) is 5.75 Å². The summed E-state index contributed by atoms with van der Waals surface area (Å²) in [7, 11) is 1.71. The number of rotatable bonds is 7. The van der Waals surface area contributed by atoms with E-state index in [2.05, 4.69) is 38.4 Å². The second-order valence-corrected chi connectivity index (χ2v) is 8.14. The zero-order chi connectivity index (χ0) is 20.5. The molecule has 1 saturated heterocycles. The minimum atomic E-state index is -0.588. The summed E-state index contributed by atoms with van der Waals surface area (Å²) in [5.41, 5.74) is 8.50. The number of hydrogen-bond acceptors (Lipinski definition) is 6. The molecular weight excluding hydrogens is 366 g/mol. The van der Waals surface area contributed by atoms with E-state index >= 15 is 0 Å². The Morgan fingerprint density at radius 1 is 1.28 bits per heavy atom. The quantitative estimate of drug-likeness (QED) is 0.748.